The Bertz CT molecular complexity index is 963. The van der Waals surface area contributed by atoms with Gasteiger partial charge in [0.05, 0.1) is 31.6 Å². The molecule has 0 spiro atoms. The van der Waals surface area contributed by atoms with E-state index in [1.54, 1.807) is 0 Å². The van der Waals surface area contributed by atoms with Gasteiger partial charge in [0.2, 0.25) is 0 Å². The molecule has 14 nitrogen and oxygen atoms in total. The van der Waals surface area contributed by atoms with Crippen molar-refractivity contribution >= 4 is 40.5 Å². The molecule has 1 aliphatic heterocycles. The van der Waals surface area contributed by atoms with Gasteiger partial charge in [-0.15, -0.1) is 0 Å². The molecule has 0 aromatic rings. The topological polar surface area (TPSA) is 203 Å². The summed E-state index contributed by atoms with van der Waals surface area (Å²) in [5, 5.41) is 10.0. The third kappa shape index (κ3) is 9.37. The number of hydrogen-bond acceptors (Lipinski definition) is 14. The lowest BCUT2D eigenvalue weighted by molar-refractivity contribution is -0.267. The first-order valence-electron chi connectivity index (χ1n) is 7.10. The Morgan fingerprint density at radius 1 is 0.679 bits per heavy atom. The summed E-state index contributed by atoms with van der Waals surface area (Å²) in [5.41, 5.74) is 0. The minimum atomic E-state index is -4.37. The molecule has 1 N–H and O–H groups in total. The van der Waals surface area contributed by atoms with Crippen molar-refractivity contribution in [3.05, 3.63) is 0 Å². The maximum absolute atomic E-state index is 11.6. The van der Waals surface area contributed by atoms with Crippen molar-refractivity contribution in [1.29, 1.82) is 0 Å². The molecule has 0 bridgehead atoms. The summed E-state index contributed by atoms with van der Waals surface area (Å²) in [6, 6.07) is 0. The Labute approximate surface area is 163 Å². The molecule has 0 aromatic heterocycles. The molecule has 1 heterocycles. The normalized spacial score (nSPS) is 30.2. The molecule has 28 heavy (non-hydrogen) atoms. The van der Waals surface area contributed by atoms with Crippen LogP contribution in [0.5, 0.6) is 0 Å². The lowest BCUT2D eigenvalue weighted by atomic mass is 9.99. The van der Waals surface area contributed by atoms with E-state index in [0.29, 0.717) is 25.0 Å². The quantitative estimate of drug-likeness (QED) is 0.314. The van der Waals surface area contributed by atoms with Crippen LogP contribution in [0.15, 0.2) is 0 Å². The zero-order valence-corrected chi connectivity index (χ0v) is 18.2. The zero-order chi connectivity index (χ0) is 22.1. The van der Waals surface area contributed by atoms with Crippen LogP contribution in [0.4, 0.5) is 0 Å². The molecule has 168 valence electrons. The van der Waals surface area contributed by atoms with Crippen LogP contribution in [0.3, 0.4) is 0 Å². The average Bonchev–Trinajstić information content (AvgIpc) is 2.39. The Morgan fingerprint density at radius 3 is 1.46 bits per heavy atom. The summed E-state index contributed by atoms with van der Waals surface area (Å²) in [4.78, 5) is 0. The van der Waals surface area contributed by atoms with Crippen LogP contribution >= 0.6 is 0 Å². The van der Waals surface area contributed by atoms with Gasteiger partial charge in [-0.2, -0.15) is 33.7 Å². The standard InChI is InChI=1S/C10H20O14S4/c1-25(12,13)20-5-6-7(22-26(2,14)15)8(23-27(3,16)17)9(10(11)21-6)24-28(4,18)19/h6-11H,5H2,1-4H3/t6-,7+,8-,9+,10-/m0/s1. The molecule has 0 saturated carbocycles. The summed E-state index contributed by atoms with van der Waals surface area (Å²) < 4.78 is 115. The molecule has 5 atom stereocenters. The predicted molar refractivity (Wildman–Crippen MR) is 90.8 cm³/mol. The number of hydrogen-bond donors (Lipinski definition) is 1. The van der Waals surface area contributed by atoms with Gasteiger partial charge in [-0.25, -0.2) is 0 Å². The first-order valence-corrected chi connectivity index (χ1v) is 14.4. The molecule has 0 amide bonds. The molecule has 18 heteroatoms. The van der Waals surface area contributed by atoms with Gasteiger partial charge in [0, 0.05) is 0 Å². The van der Waals surface area contributed by atoms with E-state index in [1.165, 1.54) is 0 Å². The highest BCUT2D eigenvalue weighted by molar-refractivity contribution is 7.86. The third-order valence-corrected chi connectivity index (χ3v) is 5.19. The molecule has 1 rings (SSSR count). The van der Waals surface area contributed by atoms with Crippen molar-refractivity contribution in [1.82, 2.24) is 0 Å². The summed E-state index contributed by atoms with van der Waals surface area (Å²) in [5.74, 6) is 0. The molecule has 0 aromatic carbocycles. The molecule has 1 fully saturated rings. The van der Waals surface area contributed by atoms with E-state index in [0.717, 1.165) is 0 Å². The van der Waals surface area contributed by atoms with E-state index in [2.05, 4.69) is 12.5 Å². The van der Waals surface area contributed by atoms with Crippen molar-refractivity contribution in [3.63, 3.8) is 0 Å². The molecule has 0 unspecified atom stereocenters. The molecule has 1 aliphatic rings. The third-order valence-electron chi connectivity index (χ3n) is 2.91. The second kappa shape index (κ2) is 8.74. The summed E-state index contributed by atoms with van der Waals surface area (Å²) in [7, 11) is -17.1. The average molecular weight is 493 g/mol. The van der Waals surface area contributed by atoms with E-state index in [4.69, 9.17) is 8.92 Å². The minimum Gasteiger partial charge on any atom is -0.366 e. The molecular weight excluding hydrogens is 472 g/mol. The van der Waals surface area contributed by atoms with Crippen molar-refractivity contribution in [3.8, 4) is 0 Å². The molecular formula is C10H20O14S4. The van der Waals surface area contributed by atoms with E-state index < -0.39 is 77.8 Å². The highest BCUT2D eigenvalue weighted by atomic mass is 32.2. The van der Waals surface area contributed by atoms with Crippen LogP contribution in [-0.4, -0.2) is 101 Å². The lowest BCUT2D eigenvalue weighted by Crippen LogP contribution is -2.62. The maximum Gasteiger partial charge on any atom is 0.264 e. The van der Waals surface area contributed by atoms with E-state index in [9.17, 15) is 38.8 Å². The van der Waals surface area contributed by atoms with Crippen molar-refractivity contribution in [2.75, 3.05) is 31.6 Å². The summed E-state index contributed by atoms with van der Waals surface area (Å²) in [6.07, 6.45) is -7.58. The zero-order valence-electron chi connectivity index (χ0n) is 15.0. The predicted octanol–water partition coefficient (Wildman–Crippen LogP) is -3.29. The van der Waals surface area contributed by atoms with E-state index in [-0.39, 0.29) is 0 Å². The highest BCUT2D eigenvalue weighted by Crippen LogP contribution is 2.30. The number of rotatable bonds is 9. The second-order valence-electron chi connectivity index (χ2n) is 5.85. The minimum absolute atomic E-state index is 0.561. The molecule has 1 saturated heterocycles. The van der Waals surface area contributed by atoms with Gasteiger partial charge in [-0.05, 0) is 0 Å². The van der Waals surface area contributed by atoms with Crippen molar-refractivity contribution in [2.45, 2.75) is 30.7 Å². The van der Waals surface area contributed by atoms with Crippen LogP contribution in [0, 0.1) is 0 Å². The lowest BCUT2D eigenvalue weighted by Gasteiger charge is -2.42. The van der Waals surface area contributed by atoms with Crippen molar-refractivity contribution in [2.24, 2.45) is 0 Å². The highest BCUT2D eigenvalue weighted by Gasteiger charge is 2.52. The van der Waals surface area contributed by atoms with Gasteiger partial charge in [0.15, 0.2) is 12.4 Å². The largest absolute Gasteiger partial charge is 0.366 e. The Kier molecular flexibility index (Phi) is 7.99. The van der Waals surface area contributed by atoms with Crippen LogP contribution in [0.1, 0.15) is 0 Å². The summed E-state index contributed by atoms with van der Waals surface area (Å²) in [6.45, 7) is -0.911. The first kappa shape index (κ1) is 25.6. The molecule has 0 radical (unpaired) electrons. The molecule has 0 aliphatic carbocycles. The second-order valence-corrected chi connectivity index (χ2v) is 12.3. The van der Waals surface area contributed by atoms with Gasteiger partial charge in [-0.1, -0.05) is 0 Å². The number of aliphatic hydroxyl groups is 1. The fourth-order valence-electron chi connectivity index (χ4n) is 2.15. The van der Waals surface area contributed by atoms with E-state index in [1.807, 2.05) is 0 Å². The van der Waals surface area contributed by atoms with Crippen LogP contribution < -0.4 is 0 Å². The Morgan fingerprint density at radius 2 is 1.07 bits per heavy atom. The Balaban J connectivity index is 3.42. The van der Waals surface area contributed by atoms with Crippen LogP contribution in [-0.2, 0) is 61.9 Å². The smallest absolute Gasteiger partial charge is 0.264 e. The maximum atomic E-state index is 11.6. The van der Waals surface area contributed by atoms with Crippen LogP contribution in [0.25, 0.3) is 0 Å². The van der Waals surface area contributed by atoms with Gasteiger partial charge < -0.3 is 9.84 Å². The van der Waals surface area contributed by atoms with Crippen molar-refractivity contribution < 1.29 is 60.2 Å². The summed E-state index contributed by atoms with van der Waals surface area (Å²) >= 11 is 0. The van der Waals surface area contributed by atoms with Gasteiger partial charge >= 0.3 is 0 Å². The Hall–Kier alpha value is -0.440. The van der Waals surface area contributed by atoms with E-state index >= 15 is 0 Å². The van der Waals surface area contributed by atoms with Crippen LogP contribution in [0.2, 0.25) is 0 Å². The number of ether oxygens (including phenoxy) is 1. The fraction of sp³-hybridized carbons (Fsp3) is 1.00. The van der Waals surface area contributed by atoms with Gasteiger partial charge in [0.25, 0.3) is 40.5 Å². The fourth-order valence-corrected chi connectivity index (χ4v) is 4.40. The SMILES string of the molecule is CS(=O)(=O)OC[C@@H]1O[C@H](O)[C@H](OS(C)(=O)=O)[C@@H](OS(C)(=O)=O)[C@@H]1OS(C)(=O)=O. The monoisotopic (exact) mass is 492 g/mol. The van der Waals surface area contributed by atoms with Gasteiger partial charge in [0.1, 0.15) is 18.3 Å². The number of aliphatic hydroxyl groups excluding tert-OH is 1. The van der Waals surface area contributed by atoms with Gasteiger partial charge in [-0.3, -0.25) is 16.7 Å². The first-order chi connectivity index (χ1) is 12.3.